The van der Waals surface area contributed by atoms with Crippen molar-refractivity contribution in [1.82, 2.24) is 14.8 Å². The van der Waals surface area contributed by atoms with Gasteiger partial charge in [0.25, 0.3) is 0 Å². The Morgan fingerprint density at radius 1 is 1.19 bits per heavy atom. The van der Waals surface area contributed by atoms with E-state index in [0.717, 1.165) is 25.2 Å². The van der Waals surface area contributed by atoms with Crippen LogP contribution >= 0.6 is 0 Å². The number of aromatic nitrogens is 3. The lowest BCUT2D eigenvalue weighted by atomic mass is 10.0. The van der Waals surface area contributed by atoms with Crippen LogP contribution in [0.25, 0.3) is 0 Å². The molecule has 1 unspecified atom stereocenters. The van der Waals surface area contributed by atoms with Crippen molar-refractivity contribution in [2.24, 2.45) is 5.92 Å². The van der Waals surface area contributed by atoms with Crippen LogP contribution in [-0.4, -0.2) is 26.0 Å². The minimum atomic E-state index is -0.374. The smallest absolute Gasteiger partial charge is 0.138 e. The molecule has 0 aliphatic rings. The highest BCUT2D eigenvalue weighted by molar-refractivity contribution is 5.21. The lowest BCUT2D eigenvalue weighted by Crippen LogP contribution is -2.18. The molecule has 0 aliphatic carbocycles. The molecule has 2 aromatic rings. The van der Waals surface area contributed by atoms with Crippen LogP contribution in [0, 0.1) is 12.8 Å². The molecular weight excluding hydrogens is 262 g/mol. The molecule has 21 heavy (non-hydrogen) atoms. The maximum Gasteiger partial charge on any atom is 0.138 e. The number of aliphatic hydroxyl groups is 1. The molecule has 0 aliphatic heterocycles. The SMILES string of the molecule is Cc1ccc(CCC(O)Cc2ncnn2CC(C)C)cc1. The largest absolute Gasteiger partial charge is 0.393 e. The van der Waals surface area contributed by atoms with Crippen LogP contribution in [0.1, 0.15) is 37.2 Å². The average Bonchev–Trinajstić information content (AvgIpc) is 2.84. The van der Waals surface area contributed by atoms with E-state index in [1.165, 1.54) is 11.1 Å². The van der Waals surface area contributed by atoms with E-state index in [1.807, 2.05) is 4.68 Å². The van der Waals surface area contributed by atoms with Gasteiger partial charge in [0.15, 0.2) is 0 Å². The number of rotatable bonds is 7. The summed E-state index contributed by atoms with van der Waals surface area (Å²) in [5.41, 5.74) is 2.53. The third kappa shape index (κ3) is 4.97. The maximum absolute atomic E-state index is 10.2. The Bertz CT molecular complexity index is 545. The van der Waals surface area contributed by atoms with Gasteiger partial charge in [0.1, 0.15) is 12.2 Å². The van der Waals surface area contributed by atoms with Gasteiger partial charge in [-0.05, 0) is 31.2 Å². The van der Waals surface area contributed by atoms with Crippen LogP contribution < -0.4 is 0 Å². The molecule has 1 atom stereocenters. The van der Waals surface area contributed by atoms with Gasteiger partial charge in [0.05, 0.1) is 6.10 Å². The Kier molecular flexibility index (Phi) is 5.51. The summed E-state index contributed by atoms with van der Waals surface area (Å²) in [5, 5.41) is 14.4. The fraction of sp³-hybridized carbons (Fsp3) is 0.529. The molecule has 1 N–H and O–H groups in total. The molecule has 0 amide bonds. The van der Waals surface area contributed by atoms with Crippen LogP contribution in [0.3, 0.4) is 0 Å². The van der Waals surface area contributed by atoms with Gasteiger partial charge in [0.2, 0.25) is 0 Å². The highest BCUT2D eigenvalue weighted by Crippen LogP contribution is 2.11. The molecule has 4 nitrogen and oxygen atoms in total. The van der Waals surface area contributed by atoms with Crippen molar-refractivity contribution in [1.29, 1.82) is 0 Å². The van der Waals surface area contributed by atoms with E-state index in [1.54, 1.807) is 6.33 Å². The van der Waals surface area contributed by atoms with Gasteiger partial charge >= 0.3 is 0 Å². The minimum Gasteiger partial charge on any atom is -0.393 e. The second kappa shape index (κ2) is 7.36. The Labute approximate surface area is 126 Å². The van der Waals surface area contributed by atoms with Gasteiger partial charge < -0.3 is 5.11 Å². The van der Waals surface area contributed by atoms with E-state index in [9.17, 15) is 5.11 Å². The number of hydrogen-bond acceptors (Lipinski definition) is 3. The van der Waals surface area contributed by atoms with Crippen LogP contribution in [0.4, 0.5) is 0 Å². The van der Waals surface area contributed by atoms with Crippen molar-refractivity contribution in [3.8, 4) is 0 Å². The normalized spacial score (nSPS) is 12.8. The van der Waals surface area contributed by atoms with Gasteiger partial charge in [-0.1, -0.05) is 43.7 Å². The van der Waals surface area contributed by atoms with Crippen molar-refractivity contribution < 1.29 is 5.11 Å². The number of aliphatic hydroxyl groups excluding tert-OH is 1. The first-order valence-electron chi connectivity index (χ1n) is 7.65. The Hall–Kier alpha value is -1.68. The van der Waals surface area contributed by atoms with Crippen LogP contribution in [-0.2, 0) is 19.4 Å². The molecule has 1 aromatic heterocycles. The third-order valence-corrected chi connectivity index (χ3v) is 3.54. The zero-order valence-corrected chi connectivity index (χ0v) is 13.2. The maximum atomic E-state index is 10.2. The van der Waals surface area contributed by atoms with E-state index < -0.39 is 0 Å². The van der Waals surface area contributed by atoms with Gasteiger partial charge in [-0.2, -0.15) is 5.10 Å². The predicted octanol–water partition coefficient (Wildman–Crippen LogP) is 2.78. The number of benzene rings is 1. The van der Waals surface area contributed by atoms with Gasteiger partial charge in [-0.25, -0.2) is 9.67 Å². The van der Waals surface area contributed by atoms with E-state index in [-0.39, 0.29) is 6.10 Å². The van der Waals surface area contributed by atoms with E-state index in [4.69, 9.17) is 0 Å². The molecule has 0 saturated heterocycles. The molecule has 1 aromatic carbocycles. The standard InChI is InChI=1S/C17H25N3O/c1-13(2)11-20-17(18-12-19-20)10-16(21)9-8-15-6-4-14(3)5-7-15/h4-7,12-13,16,21H,8-11H2,1-3H3. The first-order chi connectivity index (χ1) is 10.0. The second-order valence-corrected chi connectivity index (χ2v) is 6.13. The fourth-order valence-electron chi connectivity index (χ4n) is 2.35. The average molecular weight is 287 g/mol. The zero-order chi connectivity index (χ0) is 15.2. The molecule has 2 rings (SSSR count). The van der Waals surface area contributed by atoms with E-state index in [0.29, 0.717) is 12.3 Å². The van der Waals surface area contributed by atoms with Crippen LogP contribution in [0.5, 0.6) is 0 Å². The van der Waals surface area contributed by atoms with Gasteiger partial charge in [-0.15, -0.1) is 0 Å². The highest BCUT2D eigenvalue weighted by Gasteiger charge is 2.12. The molecule has 0 bridgehead atoms. The summed E-state index contributed by atoms with van der Waals surface area (Å²) in [4.78, 5) is 4.27. The third-order valence-electron chi connectivity index (χ3n) is 3.54. The minimum absolute atomic E-state index is 0.374. The van der Waals surface area contributed by atoms with Crippen molar-refractivity contribution in [3.63, 3.8) is 0 Å². The number of nitrogens with zero attached hydrogens (tertiary/aromatic N) is 3. The predicted molar refractivity (Wildman–Crippen MR) is 84.1 cm³/mol. The lowest BCUT2D eigenvalue weighted by Gasteiger charge is -2.12. The molecule has 1 heterocycles. The summed E-state index contributed by atoms with van der Waals surface area (Å²) in [6.07, 6.45) is 3.40. The van der Waals surface area contributed by atoms with Crippen molar-refractivity contribution in [2.45, 2.75) is 52.7 Å². The first-order valence-corrected chi connectivity index (χ1v) is 7.65. The Morgan fingerprint density at radius 2 is 1.90 bits per heavy atom. The van der Waals surface area contributed by atoms with E-state index >= 15 is 0 Å². The first kappa shape index (κ1) is 15.7. The van der Waals surface area contributed by atoms with E-state index in [2.05, 4.69) is 55.1 Å². The topological polar surface area (TPSA) is 50.9 Å². The fourth-order valence-corrected chi connectivity index (χ4v) is 2.35. The monoisotopic (exact) mass is 287 g/mol. The van der Waals surface area contributed by atoms with Gasteiger partial charge in [0, 0.05) is 13.0 Å². The molecule has 114 valence electrons. The van der Waals surface area contributed by atoms with Crippen molar-refractivity contribution in [3.05, 3.63) is 47.5 Å². The summed E-state index contributed by atoms with van der Waals surface area (Å²) >= 11 is 0. The second-order valence-electron chi connectivity index (χ2n) is 6.13. The molecule has 0 spiro atoms. The quantitative estimate of drug-likeness (QED) is 0.852. The molecule has 0 radical (unpaired) electrons. The zero-order valence-electron chi connectivity index (χ0n) is 13.2. The number of aryl methyl sites for hydroxylation is 2. The molecular formula is C17H25N3O. The number of hydrogen-bond donors (Lipinski definition) is 1. The Balaban J connectivity index is 1.85. The van der Waals surface area contributed by atoms with Gasteiger partial charge in [-0.3, -0.25) is 0 Å². The Morgan fingerprint density at radius 3 is 2.57 bits per heavy atom. The summed E-state index contributed by atoms with van der Waals surface area (Å²) in [6.45, 7) is 7.23. The summed E-state index contributed by atoms with van der Waals surface area (Å²) < 4.78 is 1.90. The highest BCUT2D eigenvalue weighted by atomic mass is 16.3. The van der Waals surface area contributed by atoms with Crippen molar-refractivity contribution >= 4 is 0 Å². The van der Waals surface area contributed by atoms with Crippen LogP contribution in [0.2, 0.25) is 0 Å². The summed E-state index contributed by atoms with van der Waals surface area (Å²) in [5.74, 6) is 1.40. The molecule has 0 saturated carbocycles. The summed E-state index contributed by atoms with van der Waals surface area (Å²) in [6, 6.07) is 8.48. The van der Waals surface area contributed by atoms with Crippen molar-refractivity contribution in [2.75, 3.05) is 0 Å². The molecule has 0 fully saturated rings. The summed E-state index contributed by atoms with van der Waals surface area (Å²) in [7, 11) is 0. The molecule has 4 heteroatoms. The van der Waals surface area contributed by atoms with Crippen LogP contribution in [0.15, 0.2) is 30.6 Å². The lowest BCUT2D eigenvalue weighted by molar-refractivity contribution is 0.160.